The summed E-state index contributed by atoms with van der Waals surface area (Å²) in [4.78, 5) is 11.8. The molecule has 1 aliphatic rings. The van der Waals surface area contributed by atoms with Crippen LogP contribution in [0.4, 0.5) is 0 Å². The average Bonchev–Trinajstić information content (AvgIpc) is 2.95. The first-order valence-corrected chi connectivity index (χ1v) is 6.11. The zero-order chi connectivity index (χ0) is 13.8. The summed E-state index contributed by atoms with van der Waals surface area (Å²) < 4.78 is 10.5. The molecule has 0 fully saturated rings. The van der Waals surface area contributed by atoms with Crippen LogP contribution in [0.15, 0.2) is 53.6 Å². The summed E-state index contributed by atoms with van der Waals surface area (Å²) in [6.45, 7) is 0.237. The zero-order valence-corrected chi connectivity index (χ0v) is 10.6. The van der Waals surface area contributed by atoms with Crippen LogP contribution in [0.5, 0.6) is 11.5 Å². The normalized spacial score (nSPS) is 12.6. The summed E-state index contributed by atoms with van der Waals surface area (Å²) in [6.07, 6.45) is 1.56. The lowest BCUT2D eigenvalue weighted by molar-refractivity contribution is 0.0955. The Morgan fingerprint density at radius 1 is 1.10 bits per heavy atom. The van der Waals surface area contributed by atoms with E-state index in [1.807, 2.05) is 18.2 Å². The van der Waals surface area contributed by atoms with Gasteiger partial charge in [0.15, 0.2) is 11.5 Å². The Labute approximate surface area is 115 Å². The number of carbonyl (C=O) groups excluding carboxylic acids is 1. The molecule has 0 saturated heterocycles. The second-order valence-electron chi connectivity index (χ2n) is 4.18. The van der Waals surface area contributed by atoms with E-state index in [1.54, 1.807) is 36.5 Å². The summed E-state index contributed by atoms with van der Waals surface area (Å²) >= 11 is 0. The first-order chi connectivity index (χ1) is 9.83. The summed E-state index contributed by atoms with van der Waals surface area (Å²) in [5.41, 5.74) is 3.86. The van der Waals surface area contributed by atoms with Crippen molar-refractivity contribution in [3.63, 3.8) is 0 Å². The molecule has 0 spiro atoms. The molecule has 0 saturated carbocycles. The van der Waals surface area contributed by atoms with E-state index in [0.29, 0.717) is 11.3 Å². The SMILES string of the molecule is O=C(N/N=C\c1ccc2c(c1)OCO2)c1ccccc1. The molecule has 1 amide bonds. The Kier molecular flexibility index (Phi) is 3.33. The summed E-state index contributed by atoms with van der Waals surface area (Å²) in [7, 11) is 0. The van der Waals surface area contributed by atoms with E-state index >= 15 is 0 Å². The van der Waals surface area contributed by atoms with Gasteiger partial charge >= 0.3 is 0 Å². The second kappa shape index (κ2) is 5.44. The molecule has 0 bridgehead atoms. The van der Waals surface area contributed by atoms with E-state index in [-0.39, 0.29) is 12.7 Å². The number of amides is 1. The molecule has 0 aliphatic carbocycles. The van der Waals surface area contributed by atoms with Gasteiger partial charge in [-0.15, -0.1) is 0 Å². The highest BCUT2D eigenvalue weighted by molar-refractivity contribution is 5.94. The van der Waals surface area contributed by atoms with Crippen LogP contribution in [-0.2, 0) is 0 Å². The number of nitrogens with zero attached hydrogens (tertiary/aromatic N) is 1. The minimum atomic E-state index is -0.248. The molecule has 1 aliphatic heterocycles. The molecule has 0 radical (unpaired) electrons. The number of hydrogen-bond donors (Lipinski definition) is 1. The van der Waals surface area contributed by atoms with Crippen LogP contribution in [0.1, 0.15) is 15.9 Å². The third-order valence-corrected chi connectivity index (χ3v) is 2.81. The van der Waals surface area contributed by atoms with Gasteiger partial charge in [-0.05, 0) is 35.9 Å². The van der Waals surface area contributed by atoms with Gasteiger partial charge in [0.2, 0.25) is 6.79 Å². The molecular weight excluding hydrogens is 256 g/mol. The van der Waals surface area contributed by atoms with Crippen molar-refractivity contribution in [2.45, 2.75) is 0 Å². The first kappa shape index (κ1) is 12.2. The molecule has 1 N–H and O–H groups in total. The smallest absolute Gasteiger partial charge is 0.271 e. The highest BCUT2D eigenvalue weighted by Gasteiger charge is 2.12. The lowest BCUT2D eigenvalue weighted by Crippen LogP contribution is -2.17. The third-order valence-electron chi connectivity index (χ3n) is 2.81. The predicted molar refractivity (Wildman–Crippen MR) is 74.1 cm³/mol. The Morgan fingerprint density at radius 3 is 2.75 bits per heavy atom. The quantitative estimate of drug-likeness (QED) is 0.685. The summed E-state index contributed by atoms with van der Waals surface area (Å²) in [5, 5.41) is 3.92. The van der Waals surface area contributed by atoms with Crippen molar-refractivity contribution in [3.05, 3.63) is 59.7 Å². The maximum absolute atomic E-state index is 11.8. The minimum Gasteiger partial charge on any atom is -0.454 e. The largest absolute Gasteiger partial charge is 0.454 e. The van der Waals surface area contributed by atoms with Crippen LogP contribution < -0.4 is 14.9 Å². The van der Waals surface area contributed by atoms with E-state index in [4.69, 9.17) is 9.47 Å². The van der Waals surface area contributed by atoms with Gasteiger partial charge in [-0.1, -0.05) is 18.2 Å². The van der Waals surface area contributed by atoms with Gasteiger partial charge in [0.1, 0.15) is 0 Å². The molecule has 0 unspecified atom stereocenters. The molecule has 5 heteroatoms. The number of fused-ring (bicyclic) bond motifs is 1. The van der Waals surface area contributed by atoms with Crippen LogP contribution in [0.3, 0.4) is 0 Å². The highest BCUT2D eigenvalue weighted by Crippen LogP contribution is 2.31. The fourth-order valence-corrected chi connectivity index (χ4v) is 1.81. The molecule has 3 rings (SSSR count). The van der Waals surface area contributed by atoms with Gasteiger partial charge in [-0.3, -0.25) is 4.79 Å². The monoisotopic (exact) mass is 268 g/mol. The van der Waals surface area contributed by atoms with Crippen LogP contribution in [0.2, 0.25) is 0 Å². The minimum absolute atomic E-state index is 0.237. The van der Waals surface area contributed by atoms with Crippen molar-refractivity contribution >= 4 is 12.1 Å². The summed E-state index contributed by atoms with van der Waals surface area (Å²) in [6, 6.07) is 14.4. The second-order valence-corrected chi connectivity index (χ2v) is 4.18. The van der Waals surface area contributed by atoms with Gasteiger partial charge in [-0.25, -0.2) is 5.43 Å². The molecular formula is C15H12N2O3. The number of carbonyl (C=O) groups is 1. The fraction of sp³-hybridized carbons (Fsp3) is 0.0667. The van der Waals surface area contributed by atoms with Crippen molar-refractivity contribution in [2.75, 3.05) is 6.79 Å². The number of nitrogens with one attached hydrogen (secondary N) is 1. The van der Waals surface area contributed by atoms with Crippen LogP contribution >= 0.6 is 0 Å². The lowest BCUT2D eigenvalue weighted by Gasteiger charge is -1.99. The van der Waals surface area contributed by atoms with E-state index < -0.39 is 0 Å². The maximum atomic E-state index is 11.8. The van der Waals surface area contributed by atoms with Crippen molar-refractivity contribution < 1.29 is 14.3 Å². The number of hydrogen-bond acceptors (Lipinski definition) is 4. The molecule has 2 aromatic rings. The zero-order valence-electron chi connectivity index (χ0n) is 10.6. The lowest BCUT2D eigenvalue weighted by atomic mass is 10.2. The maximum Gasteiger partial charge on any atom is 0.271 e. The Bertz CT molecular complexity index is 653. The molecule has 0 atom stereocenters. The van der Waals surface area contributed by atoms with Crippen LogP contribution in [-0.4, -0.2) is 18.9 Å². The van der Waals surface area contributed by atoms with Gasteiger partial charge in [0.05, 0.1) is 6.21 Å². The standard InChI is InChI=1S/C15H12N2O3/c18-15(12-4-2-1-3-5-12)17-16-9-11-6-7-13-14(8-11)20-10-19-13/h1-9H,10H2,(H,17,18)/b16-9-. The molecule has 2 aromatic carbocycles. The van der Waals surface area contributed by atoms with Gasteiger partial charge < -0.3 is 9.47 Å². The third kappa shape index (κ3) is 2.61. The van der Waals surface area contributed by atoms with Gasteiger partial charge in [0, 0.05) is 5.56 Å². The number of ether oxygens (including phenoxy) is 2. The number of benzene rings is 2. The Balaban J connectivity index is 1.65. The summed E-state index contributed by atoms with van der Waals surface area (Å²) in [5.74, 6) is 1.15. The molecule has 100 valence electrons. The van der Waals surface area contributed by atoms with E-state index in [9.17, 15) is 4.79 Å². The highest BCUT2D eigenvalue weighted by atomic mass is 16.7. The number of hydrazone groups is 1. The Hall–Kier alpha value is -2.82. The molecule has 5 nitrogen and oxygen atoms in total. The molecule has 20 heavy (non-hydrogen) atoms. The van der Waals surface area contributed by atoms with Crippen LogP contribution in [0.25, 0.3) is 0 Å². The van der Waals surface area contributed by atoms with Crippen molar-refractivity contribution in [1.29, 1.82) is 0 Å². The molecule has 1 heterocycles. The van der Waals surface area contributed by atoms with E-state index in [2.05, 4.69) is 10.5 Å². The average molecular weight is 268 g/mol. The van der Waals surface area contributed by atoms with Crippen molar-refractivity contribution in [3.8, 4) is 11.5 Å². The first-order valence-electron chi connectivity index (χ1n) is 6.11. The topological polar surface area (TPSA) is 59.9 Å². The van der Waals surface area contributed by atoms with Crippen molar-refractivity contribution in [1.82, 2.24) is 5.43 Å². The number of rotatable bonds is 3. The van der Waals surface area contributed by atoms with E-state index in [1.165, 1.54) is 0 Å². The van der Waals surface area contributed by atoms with Crippen LogP contribution in [0, 0.1) is 0 Å². The fourth-order valence-electron chi connectivity index (χ4n) is 1.81. The van der Waals surface area contributed by atoms with Gasteiger partial charge in [0.25, 0.3) is 5.91 Å². The predicted octanol–water partition coefficient (Wildman–Crippen LogP) is 2.18. The van der Waals surface area contributed by atoms with E-state index in [0.717, 1.165) is 11.3 Å². The molecule has 0 aromatic heterocycles. The van der Waals surface area contributed by atoms with Gasteiger partial charge in [-0.2, -0.15) is 5.10 Å². The van der Waals surface area contributed by atoms with Crippen molar-refractivity contribution in [2.24, 2.45) is 5.10 Å². The Morgan fingerprint density at radius 2 is 1.90 bits per heavy atom.